The highest BCUT2D eigenvalue weighted by molar-refractivity contribution is 7.89. The maximum Gasteiger partial charge on any atom is 0.266 e. The Morgan fingerprint density at radius 2 is 1.71 bits per heavy atom. The van der Waals surface area contributed by atoms with Crippen LogP contribution in [-0.4, -0.2) is 89.7 Å². The molecule has 48 heavy (non-hydrogen) atoms. The van der Waals surface area contributed by atoms with Gasteiger partial charge in [-0.25, -0.2) is 17.5 Å². The second kappa shape index (κ2) is 12.7. The summed E-state index contributed by atoms with van der Waals surface area (Å²) in [5, 5.41) is 0.434. The summed E-state index contributed by atoms with van der Waals surface area (Å²) in [6.07, 6.45) is 2.64. The molecule has 2 amide bonds. The van der Waals surface area contributed by atoms with Crippen LogP contribution in [0, 0.1) is 5.82 Å². The normalized spacial score (nSPS) is 20.6. The lowest BCUT2D eigenvalue weighted by atomic mass is 9.96. The van der Waals surface area contributed by atoms with Gasteiger partial charge in [0, 0.05) is 42.6 Å². The molecule has 11 nitrogen and oxygen atoms in total. The van der Waals surface area contributed by atoms with Gasteiger partial charge in [0.1, 0.15) is 11.6 Å². The number of anilines is 2. The van der Waals surface area contributed by atoms with Crippen molar-refractivity contribution in [2.45, 2.75) is 37.6 Å². The lowest BCUT2D eigenvalue weighted by Crippen LogP contribution is -2.51. The fourth-order valence-electron chi connectivity index (χ4n) is 6.93. The van der Waals surface area contributed by atoms with Crippen molar-refractivity contribution in [3.63, 3.8) is 0 Å². The molecule has 7 rings (SSSR count). The maximum atomic E-state index is 16.0. The molecule has 4 aliphatic rings. The number of rotatable bonds is 7. The summed E-state index contributed by atoms with van der Waals surface area (Å²) in [5.74, 6) is -1.67. The Morgan fingerprint density at radius 1 is 1.02 bits per heavy atom. The van der Waals surface area contributed by atoms with Crippen LogP contribution in [-0.2, 0) is 26.0 Å². The van der Waals surface area contributed by atoms with E-state index < -0.39 is 27.7 Å². The number of methoxy groups -OCH3 is 1. The molecular formula is C33H33Cl2FN4O7S. The van der Waals surface area contributed by atoms with E-state index in [1.165, 1.54) is 4.90 Å². The SMILES string of the molecule is COC1CN(c2cc(Cl)c(C(=O)N3COc4c(cccc4-c4cc(N5C6CCC5COC6)c(C(=O)NS(C)(=O)=O)cc4F)C3)c(Cl)c2)C1. The van der Waals surface area contributed by atoms with Crippen LogP contribution >= 0.6 is 23.2 Å². The van der Waals surface area contributed by atoms with Crippen LogP contribution in [0.3, 0.4) is 0 Å². The quantitative estimate of drug-likeness (QED) is 0.372. The average molecular weight is 720 g/mol. The fourth-order valence-corrected chi connectivity index (χ4v) is 8.01. The van der Waals surface area contributed by atoms with Crippen molar-refractivity contribution in [2.75, 3.05) is 56.2 Å². The van der Waals surface area contributed by atoms with Crippen molar-refractivity contribution in [2.24, 2.45) is 0 Å². The number of sulfonamides is 1. The molecule has 0 aromatic heterocycles. The number of halogens is 3. The molecule has 2 atom stereocenters. The van der Waals surface area contributed by atoms with E-state index in [9.17, 15) is 18.0 Å². The second-order valence-electron chi connectivity index (χ2n) is 12.5. The third-order valence-electron chi connectivity index (χ3n) is 9.31. The van der Waals surface area contributed by atoms with Crippen molar-refractivity contribution in [3.05, 3.63) is 75.0 Å². The van der Waals surface area contributed by atoms with Gasteiger partial charge in [-0.3, -0.25) is 9.59 Å². The summed E-state index contributed by atoms with van der Waals surface area (Å²) in [6.45, 7) is 2.27. The van der Waals surface area contributed by atoms with E-state index in [0.29, 0.717) is 48.9 Å². The zero-order chi connectivity index (χ0) is 33.9. The molecule has 4 aliphatic heterocycles. The number of carbonyl (C=O) groups excluding carboxylic acids is 2. The Morgan fingerprint density at radius 3 is 2.35 bits per heavy atom. The number of morpholine rings is 1. The van der Waals surface area contributed by atoms with Crippen molar-refractivity contribution in [1.29, 1.82) is 0 Å². The Balaban J connectivity index is 1.20. The Kier molecular flexibility index (Phi) is 8.69. The van der Waals surface area contributed by atoms with Crippen LogP contribution < -0.4 is 19.3 Å². The summed E-state index contributed by atoms with van der Waals surface area (Å²) in [7, 11) is -2.24. The number of hydrogen-bond acceptors (Lipinski definition) is 9. The first-order valence-electron chi connectivity index (χ1n) is 15.4. The Labute approximate surface area is 287 Å². The number of nitrogens with zero attached hydrogens (tertiary/aromatic N) is 3. The lowest BCUT2D eigenvalue weighted by molar-refractivity contribution is 0.0516. The monoisotopic (exact) mass is 718 g/mol. The average Bonchev–Trinajstić information content (AvgIpc) is 3.25. The van der Waals surface area contributed by atoms with Crippen LogP contribution in [0.2, 0.25) is 10.0 Å². The van der Waals surface area contributed by atoms with Gasteiger partial charge in [-0.05, 0) is 37.1 Å². The number of hydrogen-bond donors (Lipinski definition) is 1. The van der Waals surface area contributed by atoms with Crippen molar-refractivity contribution < 1.29 is 36.6 Å². The molecule has 1 N–H and O–H groups in total. The van der Waals surface area contributed by atoms with Crippen LogP contribution in [0.4, 0.5) is 15.8 Å². The maximum absolute atomic E-state index is 16.0. The molecule has 15 heteroatoms. The topological polar surface area (TPSA) is 118 Å². The molecule has 2 bridgehead atoms. The van der Waals surface area contributed by atoms with E-state index in [0.717, 1.165) is 30.9 Å². The van der Waals surface area contributed by atoms with Gasteiger partial charge in [0.15, 0.2) is 6.73 Å². The van der Waals surface area contributed by atoms with Crippen LogP contribution in [0.25, 0.3) is 11.1 Å². The van der Waals surface area contributed by atoms with Gasteiger partial charge in [-0.15, -0.1) is 0 Å². The number of benzene rings is 3. The summed E-state index contributed by atoms with van der Waals surface area (Å²) >= 11 is 13.2. The summed E-state index contributed by atoms with van der Waals surface area (Å²) < 4.78 is 59.0. The first kappa shape index (κ1) is 32.9. The zero-order valence-corrected chi connectivity index (χ0v) is 28.5. The van der Waals surface area contributed by atoms with Crippen molar-refractivity contribution in [1.82, 2.24) is 9.62 Å². The number of carbonyl (C=O) groups is 2. The first-order chi connectivity index (χ1) is 22.9. The van der Waals surface area contributed by atoms with Crippen LogP contribution in [0.1, 0.15) is 39.1 Å². The fraction of sp³-hybridized carbons (Fsp3) is 0.394. The predicted octanol–water partition coefficient (Wildman–Crippen LogP) is 4.68. The number of ether oxygens (including phenoxy) is 3. The highest BCUT2D eigenvalue weighted by Gasteiger charge is 2.40. The summed E-state index contributed by atoms with van der Waals surface area (Å²) in [4.78, 5) is 32.4. The molecule has 0 spiro atoms. The molecule has 0 saturated carbocycles. The number of fused-ring (bicyclic) bond motifs is 3. The third-order valence-corrected chi connectivity index (χ3v) is 10.5. The van der Waals surface area contributed by atoms with Crippen LogP contribution in [0.15, 0.2) is 42.5 Å². The van der Waals surface area contributed by atoms with E-state index in [-0.39, 0.29) is 58.2 Å². The van der Waals surface area contributed by atoms with E-state index in [2.05, 4.69) is 4.90 Å². The highest BCUT2D eigenvalue weighted by Crippen LogP contribution is 2.43. The number of nitrogens with one attached hydrogen (secondary N) is 1. The molecule has 3 saturated heterocycles. The highest BCUT2D eigenvalue weighted by atomic mass is 35.5. The van der Waals surface area contributed by atoms with Crippen molar-refractivity contribution in [3.8, 4) is 16.9 Å². The smallest absolute Gasteiger partial charge is 0.266 e. The number of para-hydroxylation sites is 1. The standard InChI is InChI=1S/C33H33Cl2FN4O7S/c1-45-22-13-38(14-22)21-8-26(34)30(27(35)9-21)33(42)39-12-18-4-3-5-23(31(18)47-17-39)24-11-29(40-19-6-7-20(40)16-46-15-19)25(10-28(24)36)32(41)37-48(2,43)44/h3-5,8-11,19-20,22H,6-7,12-17H2,1-2H3,(H,37,41). The minimum absolute atomic E-state index is 0.0479. The molecule has 4 heterocycles. The van der Waals surface area contributed by atoms with Gasteiger partial charge in [-0.1, -0.05) is 41.4 Å². The van der Waals surface area contributed by atoms with Crippen LogP contribution in [0.5, 0.6) is 5.75 Å². The molecule has 2 unspecified atom stereocenters. The van der Waals surface area contributed by atoms with Gasteiger partial charge in [0.25, 0.3) is 11.8 Å². The van der Waals surface area contributed by atoms with Gasteiger partial charge < -0.3 is 28.9 Å². The summed E-state index contributed by atoms with van der Waals surface area (Å²) in [6, 6.07) is 11.2. The molecule has 3 aromatic rings. The molecular weight excluding hydrogens is 686 g/mol. The summed E-state index contributed by atoms with van der Waals surface area (Å²) in [5.41, 5.74) is 2.52. The van der Waals surface area contributed by atoms with Crippen molar-refractivity contribution >= 4 is 56.4 Å². The largest absolute Gasteiger partial charge is 0.472 e. The molecule has 3 aromatic carbocycles. The van der Waals surface area contributed by atoms with Gasteiger partial charge >= 0.3 is 0 Å². The lowest BCUT2D eigenvalue weighted by Gasteiger charge is -2.40. The Hall–Kier alpha value is -3.62. The molecule has 254 valence electrons. The van der Waals surface area contributed by atoms with E-state index >= 15 is 4.39 Å². The minimum atomic E-state index is -3.90. The molecule has 0 aliphatic carbocycles. The first-order valence-corrected chi connectivity index (χ1v) is 18.1. The Bertz CT molecular complexity index is 1880. The molecule has 3 fully saturated rings. The minimum Gasteiger partial charge on any atom is -0.472 e. The predicted molar refractivity (Wildman–Crippen MR) is 179 cm³/mol. The van der Waals surface area contributed by atoms with Gasteiger partial charge in [0.2, 0.25) is 10.0 Å². The van der Waals surface area contributed by atoms with Gasteiger partial charge in [-0.2, -0.15) is 0 Å². The number of amides is 2. The zero-order valence-electron chi connectivity index (χ0n) is 26.2. The van der Waals surface area contributed by atoms with E-state index in [1.807, 2.05) is 9.62 Å². The van der Waals surface area contributed by atoms with E-state index in [4.69, 9.17) is 37.4 Å². The molecule has 0 radical (unpaired) electrons. The van der Waals surface area contributed by atoms with E-state index in [1.54, 1.807) is 43.5 Å². The second-order valence-corrected chi connectivity index (χ2v) is 15.1. The third kappa shape index (κ3) is 6.07. The van der Waals surface area contributed by atoms with Gasteiger partial charge in [0.05, 0.1) is 71.1 Å².